The summed E-state index contributed by atoms with van der Waals surface area (Å²) in [6.07, 6.45) is 1.60. The Morgan fingerprint density at radius 3 is 2.71 bits per heavy atom. The molecule has 1 N–H and O–H groups in total. The lowest BCUT2D eigenvalue weighted by Crippen LogP contribution is -2.03. The zero-order valence-electron chi connectivity index (χ0n) is 7.43. The smallest absolute Gasteiger partial charge is 0.247 e. The Morgan fingerprint density at radius 1 is 1.43 bits per heavy atom. The molecule has 0 spiro atoms. The maximum absolute atomic E-state index is 10.8. The summed E-state index contributed by atoms with van der Waals surface area (Å²) in [5.41, 5.74) is 0.668. The van der Waals surface area contributed by atoms with E-state index in [4.69, 9.17) is 0 Å². The van der Waals surface area contributed by atoms with E-state index in [0.29, 0.717) is 11.0 Å². The van der Waals surface area contributed by atoms with Gasteiger partial charge in [-0.05, 0) is 6.07 Å². The molecule has 0 aromatic carbocycles. The molecule has 0 aliphatic rings. The van der Waals surface area contributed by atoms with Gasteiger partial charge in [0.15, 0.2) is 11.0 Å². The van der Waals surface area contributed by atoms with Crippen LogP contribution in [0.25, 0.3) is 11.4 Å². The zero-order chi connectivity index (χ0) is 10.1. The Morgan fingerprint density at radius 2 is 2.21 bits per heavy atom. The highest BCUT2D eigenvalue weighted by atomic mass is 32.1. The second-order valence-electron chi connectivity index (χ2n) is 2.82. The quantitative estimate of drug-likeness (QED) is 0.669. The van der Waals surface area contributed by atoms with Gasteiger partial charge in [-0.25, -0.2) is 0 Å². The molecular weight excluding hydrogens is 200 g/mol. The van der Waals surface area contributed by atoms with Gasteiger partial charge in [0.1, 0.15) is 0 Å². The topological polar surface area (TPSA) is 63.6 Å². The fourth-order valence-corrected chi connectivity index (χ4v) is 1.26. The number of rotatable bonds is 1. The van der Waals surface area contributed by atoms with Crippen molar-refractivity contribution in [2.45, 2.75) is 5.16 Å². The lowest BCUT2D eigenvalue weighted by molar-refractivity contribution is 0.798. The molecule has 0 amide bonds. The van der Waals surface area contributed by atoms with E-state index in [9.17, 15) is 4.79 Å². The van der Waals surface area contributed by atoms with Crippen molar-refractivity contribution >= 4 is 12.6 Å². The van der Waals surface area contributed by atoms with E-state index in [1.165, 1.54) is 6.07 Å². The fourth-order valence-electron chi connectivity index (χ4n) is 1.12. The molecule has 2 aromatic rings. The molecule has 6 heteroatoms. The minimum Gasteiger partial charge on any atom is -0.328 e. The molecule has 14 heavy (non-hydrogen) atoms. The van der Waals surface area contributed by atoms with Gasteiger partial charge in [0.25, 0.3) is 0 Å². The number of hydrogen-bond acceptors (Lipinski definition) is 4. The lowest BCUT2D eigenvalue weighted by Gasteiger charge is -1.99. The summed E-state index contributed by atoms with van der Waals surface area (Å²) in [7, 11) is 1.81. The first kappa shape index (κ1) is 9.01. The highest BCUT2D eigenvalue weighted by molar-refractivity contribution is 7.80. The van der Waals surface area contributed by atoms with Crippen molar-refractivity contribution in [2.75, 3.05) is 0 Å². The summed E-state index contributed by atoms with van der Waals surface area (Å²) >= 11 is 4.11. The van der Waals surface area contributed by atoms with Crippen molar-refractivity contribution in [1.82, 2.24) is 19.7 Å². The molecule has 0 radical (unpaired) electrons. The Hall–Kier alpha value is -1.56. The highest BCUT2D eigenvalue weighted by Gasteiger charge is 2.07. The molecule has 2 rings (SSSR count). The van der Waals surface area contributed by atoms with Gasteiger partial charge >= 0.3 is 0 Å². The van der Waals surface area contributed by atoms with Gasteiger partial charge in [0, 0.05) is 24.9 Å². The van der Waals surface area contributed by atoms with Crippen LogP contribution in [0.4, 0.5) is 0 Å². The Bertz CT molecular complexity index is 496. The molecular formula is C8H8N4OS. The fraction of sp³-hybridized carbons (Fsp3) is 0.125. The minimum atomic E-state index is -0.137. The molecule has 2 heterocycles. The molecule has 0 fully saturated rings. The van der Waals surface area contributed by atoms with Crippen molar-refractivity contribution < 1.29 is 0 Å². The molecule has 0 unspecified atom stereocenters. The van der Waals surface area contributed by atoms with Crippen LogP contribution >= 0.6 is 12.6 Å². The Balaban J connectivity index is 2.55. The zero-order valence-corrected chi connectivity index (χ0v) is 8.32. The number of H-pyrrole nitrogens is 1. The Kier molecular flexibility index (Phi) is 2.12. The normalized spacial score (nSPS) is 10.4. The average molecular weight is 208 g/mol. The molecule has 0 saturated carbocycles. The van der Waals surface area contributed by atoms with Gasteiger partial charge in [-0.15, -0.1) is 22.8 Å². The van der Waals surface area contributed by atoms with Gasteiger partial charge in [-0.2, -0.15) is 0 Å². The molecule has 72 valence electrons. The van der Waals surface area contributed by atoms with Crippen LogP contribution in [0.2, 0.25) is 0 Å². The van der Waals surface area contributed by atoms with Crippen molar-refractivity contribution in [3.05, 3.63) is 28.7 Å². The van der Waals surface area contributed by atoms with E-state index in [-0.39, 0.29) is 5.56 Å². The van der Waals surface area contributed by atoms with E-state index in [2.05, 4.69) is 27.8 Å². The standard InChI is InChI=1S/C8H8N4OS/c1-12-7(10-11-8(12)14)5-2-3-6(13)9-4-5/h2-4H,1H3,(H,9,13)(H,11,14). The third-order valence-electron chi connectivity index (χ3n) is 1.89. The van der Waals surface area contributed by atoms with Crippen LogP contribution in [0.3, 0.4) is 0 Å². The summed E-state index contributed by atoms with van der Waals surface area (Å²) in [5, 5.41) is 8.26. The second-order valence-corrected chi connectivity index (χ2v) is 3.22. The van der Waals surface area contributed by atoms with Crippen LogP contribution in [-0.2, 0) is 7.05 Å². The van der Waals surface area contributed by atoms with Gasteiger partial charge in [0.2, 0.25) is 5.56 Å². The van der Waals surface area contributed by atoms with E-state index in [1.54, 1.807) is 16.8 Å². The summed E-state index contributed by atoms with van der Waals surface area (Å²) < 4.78 is 1.73. The minimum absolute atomic E-state index is 0.137. The largest absolute Gasteiger partial charge is 0.328 e. The SMILES string of the molecule is Cn1c(S)nnc1-c1ccc(=O)[nH]c1. The molecule has 0 aliphatic carbocycles. The predicted octanol–water partition coefficient (Wildman–Crippen LogP) is 0.459. The van der Waals surface area contributed by atoms with Crippen LogP contribution in [0.5, 0.6) is 0 Å². The summed E-state index contributed by atoms with van der Waals surface area (Å²) in [6, 6.07) is 3.14. The van der Waals surface area contributed by atoms with E-state index in [0.717, 1.165) is 5.56 Å². The van der Waals surface area contributed by atoms with Crippen LogP contribution in [0.15, 0.2) is 28.3 Å². The van der Waals surface area contributed by atoms with Crippen molar-refractivity contribution in [2.24, 2.45) is 7.05 Å². The van der Waals surface area contributed by atoms with Gasteiger partial charge < -0.3 is 9.55 Å². The van der Waals surface area contributed by atoms with Crippen LogP contribution < -0.4 is 5.56 Å². The van der Waals surface area contributed by atoms with Crippen LogP contribution in [0, 0.1) is 0 Å². The average Bonchev–Trinajstić information content (AvgIpc) is 2.50. The second kappa shape index (κ2) is 3.30. The van der Waals surface area contributed by atoms with Gasteiger partial charge in [0.05, 0.1) is 0 Å². The molecule has 0 bridgehead atoms. The first-order chi connectivity index (χ1) is 6.68. The van der Waals surface area contributed by atoms with E-state index >= 15 is 0 Å². The molecule has 5 nitrogen and oxygen atoms in total. The van der Waals surface area contributed by atoms with Crippen molar-refractivity contribution in [3.63, 3.8) is 0 Å². The number of aromatic amines is 1. The lowest BCUT2D eigenvalue weighted by atomic mass is 10.3. The van der Waals surface area contributed by atoms with Crippen molar-refractivity contribution in [3.8, 4) is 11.4 Å². The number of thiol groups is 1. The third-order valence-corrected chi connectivity index (χ3v) is 2.28. The first-order valence-corrected chi connectivity index (χ1v) is 4.40. The molecule has 0 atom stereocenters. The predicted molar refractivity (Wildman–Crippen MR) is 54.3 cm³/mol. The highest BCUT2D eigenvalue weighted by Crippen LogP contribution is 2.15. The maximum atomic E-state index is 10.8. The van der Waals surface area contributed by atoms with E-state index < -0.39 is 0 Å². The number of nitrogens with one attached hydrogen (secondary N) is 1. The monoisotopic (exact) mass is 208 g/mol. The van der Waals surface area contributed by atoms with Crippen LogP contribution in [-0.4, -0.2) is 19.7 Å². The van der Waals surface area contributed by atoms with Crippen LogP contribution in [0.1, 0.15) is 0 Å². The number of hydrogen-bond donors (Lipinski definition) is 2. The summed E-state index contributed by atoms with van der Waals surface area (Å²) in [6.45, 7) is 0. The third kappa shape index (κ3) is 1.44. The van der Waals surface area contributed by atoms with Crippen molar-refractivity contribution in [1.29, 1.82) is 0 Å². The van der Waals surface area contributed by atoms with E-state index in [1.807, 2.05) is 7.05 Å². The summed E-state index contributed by atoms with van der Waals surface area (Å²) in [5.74, 6) is 0.672. The Labute approximate surface area is 85.2 Å². The number of pyridine rings is 1. The van der Waals surface area contributed by atoms with Gasteiger partial charge in [-0.3, -0.25) is 4.79 Å². The molecule has 0 saturated heterocycles. The molecule has 2 aromatic heterocycles. The first-order valence-electron chi connectivity index (χ1n) is 3.96. The van der Waals surface area contributed by atoms with Gasteiger partial charge in [-0.1, -0.05) is 0 Å². The summed E-state index contributed by atoms with van der Waals surface area (Å²) in [4.78, 5) is 13.4. The number of aromatic nitrogens is 4. The maximum Gasteiger partial charge on any atom is 0.247 e. The molecule has 0 aliphatic heterocycles. The number of nitrogens with zero attached hydrogens (tertiary/aromatic N) is 3.